The van der Waals surface area contributed by atoms with E-state index in [0.717, 1.165) is 22.6 Å². The summed E-state index contributed by atoms with van der Waals surface area (Å²) >= 11 is 0. The highest BCUT2D eigenvalue weighted by atomic mass is 16.5. The number of benzene rings is 2. The summed E-state index contributed by atoms with van der Waals surface area (Å²) < 4.78 is 4.88. The minimum Gasteiger partial charge on any atom is -0.467 e. The number of H-pyrrole nitrogens is 1. The molecule has 1 heterocycles. The van der Waals surface area contributed by atoms with Crippen molar-refractivity contribution in [1.29, 1.82) is 0 Å². The third kappa shape index (κ3) is 5.94. The van der Waals surface area contributed by atoms with Gasteiger partial charge in [0.25, 0.3) is 5.91 Å². The van der Waals surface area contributed by atoms with Gasteiger partial charge in [0.2, 0.25) is 0 Å². The normalized spacial score (nSPS) is 11.7. The van der Waals surface area contributed by atoms with Crippen molar-refractivity contribution in [3.05, 3.63) is 72.3 Å². The second-order valence-electron chi connectivity index (χ2n) is 7.69. The van der Waals surface area contributed by atoms with Crippen LogP contribution in [-0.4, -0.2) is 35.0 Å². The molecule has 7 heteroatoms. The fraction of sp³-hybridized carbons (Fsp3) is 0.292. The lowest BCUT2D eigenvalue weighted by atomic mass is 9.97. The average Bonchev–Trinajstić information content (AvgIpc) is 3.30. The Morgan fingerprint density at radius 1 is 1.13 bits per heavy atom. The van der Waals surface area contributed by atoms with Crippen molar-refractivity contribution >= 4 is 17.6 Å². The third-order valence-electron chi connectivity index (χ3n) is 4.86. The smallest absolute Gasteiger partial charge is 0.328 e. The molecule has 0 saturated carbocycles. The van der Waals surface area contributed by atoms with Gasteiger partial charge in [-0.25, -0.2) is 9.78 Å². The van der Waals surface area contributed by atoms with Crippen LogP contribution in [0.25, 0.3) is 11.1 Å². The van der Waals surface area contributed by atoms with Crippen molar-refractivity contribution in [1.82, 2.24) is 15.3 Å². The topological polar surface area (TPSA) is 96.1 Å². The molecule has 3 aromatic rings. The van der Waals surface area contributed by atoms with Gasteiger partial charge in [-0.3, -0.25) is 4.79 Å². The Hall–Kier alpha value is -3.61. The maximum atomic E-state index is 13.2. The second kappa shape index (κ2) is 10.4. The highest BCUT2D eigenvalue weighted by Gasteiger charge is 2.24. The molecule has 162 valence electrons. The molecule has 0 fully saturated rings. The summed E-state index contributed by atoms with van der Waals surface area (Å²) in [5, 5.41) is 6.17. The van der Waals surface area contributed by atoms with E-state index in [1.54, 1.807) is 18.5 Å². The second-order valence-corrected chi connectivity index (χ2v) is 7.69. The van der Waals surface area contributed by atoms with Crippen molar-refractivity contribution in [2.45, 2.75) is 32.9 Å². The number of rotatable bonds is 9. The number of hydrogen-bond donors (Lipinski definition) is 3. The minimum absolute atomic E-state index is 0.228. The van der Waals surface area contributed by atoms with E-state index in [9.17, 15) is 9.59 Å². The van der Waals surface area contributed by atoms with Gasteiger partial charge in [0.05, 0.1) is 13.7 Å². The van der Waals surface area contributed by atoms with Crippen LogP contribution in [-0.2, 0) is 16.1 Å². The highest BCUT2D eigenvalue weighted by molar-refractivity contribution is 6.03. The van der Waals surface area contributed by atoms with Gasteiger partial charge in [-0.1, -0.05) is 44.2 Å². The van der Waals surface area contributed by atoms with Gasteiger partial charge in [-0.2, -0.15) is 0 Å². The first-order valence-corrected chi connectivity index (χ1v) is 10.3. The number of nitrogens with zero attached hydrogens (tertiary/aromatic N) is 1. The lowest BCUT2D eigenvalue weighted by molar-refractivity contribution is -0.143. The van der Waals surface area contributed by atoms with Crippen LogP contribution in [0.15, 0.2) is 60.9 Å². The zero-order chi connectivity index (χ0) is 22.2. The number of carbonyl (C=O) groups is 2. The molecule has 3 rings (SSSR count). The molecule has 31 heavy (non-hydrogen) atoms. The zero-order valence-corrected chi connectivity index (χ0v) is 18.0. The van der Waals surface area contributed by atoms with Crippen molar-refractivity contribution in [3.8, 4) is 11.1 Å². The number of aromatic nitrogens is 2. The number of ether oxygens (including phenoxy) is 1. The molecule has 1 unspecified atom stereocenters. The molecule has 0 aliphatic carbocycles. The molecule has 0 spiro atoms. The number of amides is 1. The van der Waals surface area contributed by atoms with Crippen LogP contribution >= 0.6 is 0 Å². The fourth-order valence-corrected chi connectivity index (χ4v) is 3.35. The van der Waals surface area contributed by atoms with Gasteiger partial charge in [0, 0.05) is 23.6 Å². The van der Waals surface area contributed by atoms with E-state index in [4.69, 9.17) is 4.74 Å². The maximum Gasteiger partial charge on any atom is 0.328 e. The molecule has 0 aliphatic rings. The molecule has 1 atom stereocenters. The number of anilines is 1. The molecule has 2 aromatic carbocycles. The molecular formula is C24H28N4O3. The predicted octanol–water partition coefficient (Wildman–Crippen LogP) is 4.01. The number of nitrogens with one attached hydrogen (secondary N) is 3. The maximum absolute atomic E-state index is 13.2. The van der Waals surface area contributed by atoms with E-state index in [2.05, 4.69) is 20.6 Å². The quantitative estimate of drug-likeness (QED) is 0.455. The molecule has 7 nitrogen and oxygen atoms in total. The van der Waals surface area contributed by atoms with Crippen LogP contribution in [0.5, 0.6) is 0 Å². The van der Waals surface area contributed by atoms with Gasteiger partial charge < -0.3 is 20.4 Å². The standard InChI is InChI=1S/C24H28N4O3/c1-16(2)13-21(24(30)31-3)28-23(29)19-10-9-18(27-15-22-25-11-12-26-22)14-20(19)17-7-5-4-6-8-17/h4-12,14,16,21,27H,13,15H2,1-3H3,(H,25,26)(H,28,29). The Bertz CT molecular complexity index is 1000. The van der Waals surface area contributed by atoms with E-state index < -0.39 is 12.0 Å². The van der Waals surface area contributed by atoms with Gasteiger partial charge in [0.15, 0.2) is 0 Å². The van der Waals surface area contributed by atoms with Gasteiger partial charge >= 0.3 is 5.97 Å². The fourth-order valence-electron chi connectivity index (χ4n) is 3.35. The number of hydrogen-bond acceptors (Lipinski definition) is 5. The van der Waals surface area contributed by atoms with Crippen LogP contribution in [0, 0.1) is 5.92 Å². The first kappa shape index (κ1) is 22.1. The summed E-state index contributed by atoms with van der Waals surface area (Å²) in [6.07, 6.45) is 3.98. The number of carbonyl (C=O) groups excluding carboxylic acids is 2. The zero-order valence-electron chi connectivity index (χ0n) is 18.0. The molecular weight excluding hydrogens is 392 g/mol. The van der Waals surface area contributed by atoms with Crippen LogP contribution < -0.4 is 10.6 Å². The number of aromatic amines is 1. The van der Waals surface area contributed by atoms with Crippen molar-refractivity contribution in [2.75, 3.05) is 12.4 Å². The average molecular weight is 421 g/mol. The summed E-state index contributed by atoms with van der Waals surface area (Å²) in [5.41, 5.74) is 3.04. The highest BCUT2D eigenvalue weighted by Crippen LogP contribution is 2.27. The molecule has 0 saturated heterocycles. The van der Waals surface area contributed by atoms with Crippen LogP contribution in [0.3, 0.4) is 0 Å². The Labute approximate surface area is 182 Å². The van der Waals surface area contributed by atoms with Crippen molar-refractivity contribution < 1.29 is 14.3 Å². The van der Waals surface area contributed by atoms with E-state index in [1.165, 1.54) is 7.11 Å². The largest absolute Gasteiger partial charge is 0.467 e. The van der Waals surface area contributed by atoms with Crippen molar-refractivity contribution in [2.24, 2.45) is 5.92 Å². The molecule has 1 amide bonds. The SMILES string of the molecule is COC(=O)C(CC(C)C)NC(=O)c1ccc(NCc2ncc[nH]2)cc1-c1ccccc1. The molecule has 0 radical (unpaired) electrons. The lowest BCUT2D eigenvalue weighted by Gasteiger charge is -2.20. The minimum atomic E-state index is -0.696. The summed E-state index contributed by atoms with van der Waals surface area (Å²) in [5.74, 6) is 0.288. The summed E-state index contributed by atoms with van der Waals surface area (Å²) in [4.78, 5) is 32.6. The Morgan fingerprint density at radius 2 is 1.90 bits per heavy atom. The third-order valence-corrected chi connectivity index (χ3v) is 4.86. The van der Waals surface area contributed by atoms with Crippen LogP contribution in [0.2, 0.25) is 0 Å². The Balaban J connectivity index is 1.88. The lowest BCUT2D eigenvalue weighted by Crippen LogP contribution is -2.42. The van der Waals surface area contributed by atoms with Crippen LogP contribution in [0.1, 0.15) is 36.5 Å². The summed E-state index contributed by atoms with van der Waals surface area (Å²) in [6.45, 7) is 4.53. The van der Waals surface area contributed by atoms with E-state index in [1.807, 2.05) is 56.3 Å². The number of imidazole rings is 1. The monoisotopic (exact) mass is 420 g/mol. The van der Waals surface area contributed by atoms with Crippen molar-refractivity contribution in [3.63, 3.8) is 0 Å². The molecule has 0 aliphatic heterocycles. The Kier molecular flexibility index (Phi) is 7.43. The first-order valence-electron chi connectivity index (χ1n) is 10.3. The summed E-state index contributed by atoms with van der Waals surface area (Å²) in [7, 11) is 1.33. The van der Waals surface area contributed by atoms with Gasteiger partial charge in [-0.05, 0) is 41.7 Å². The van der Waals surface area contributed by atoms with E-state index in [0.29, 0.717) is 18.5 Å². The predicted molar refractivity (Wildman–Crippen MR) is 121 cm³/mol. The molecule has 3 N–H and O–H groups in total. The summed E-state index contributed by atoms with van der Waals surface area (Å²) in [6, 6.07) is 14.5. The van der Waals surface area contributed by atoms with E-state index in [-0.39, 0.29) is 11.8 Å². The molecule has 1 aromatic heterocycles. The molecule has 0 bridgehead atoms. The number of methoxy groups -OCH3 is 1. The van der Waals surface area contributed by atoms with Gasteiger partial charge in [-0.15, -0.1) is 0 Å². The van der Waals surface area contributed by atoms with Gasteiger partial charge in [0.1, 0.15) is 11.9 Å². The van der Waals surface area contributed by atoms with Crippen LogP contribution in [0.4, 0.5) is 5.69 Å². The Morgan fingerprint density at radius 3 is 2.55 bits per heavy atom. The van der Waals surface area contributed by atoms with E-state index >= 15 is 0 Å². The first-order chi connectivity index (χ1) is 15.0. The number of esters is 1.